The van der Waals surface area contributed by atoms with Gasteiger partial charge in [0.2, 0.25) is 5.91 Å². The SMILES string of the molecule is Cc1ncn[nH]1.Clc1ccccc1.O=C1COCC(c2ccc(Cl)cc2)N1C(CN(c1ccccc1F)S(=O)C1CC1)C1CC1. The number of H-pyrrole nitrogens is 1. The van der Waals surface area contributed by atoms with E-state index in [-0.39, 0.29) is 29.8 Å². The number of benzene rings is 3. The van der Waals surface area contributed by atoms with Crippen LogP contribution in [0, 0.1) is 18.7 Å². The number of anilines is 1. The quantitative estimate of drug-likeness (QED) is 0.219. The van der Waals surface area contributed by atoms with Crippen molar-refractivity contribution in [3.63, 3.8) is 0 Å². The van der Waals surface area contributed by atoms with E-state index in [1.165, 1.54) is 12.4 Å². The Morgan fingerprint density at radius 1 is 1.00 bits per heavy atom. The Labute approximate surface area is 275 Å². The Morgan fingerprint density at radius 3 is 2.20 bits per heavy atom. The molecule has 3 unspecified atom stereocenters. The molecular weight excluding hydrogens is 636 g/mol. The van der Waals surface area contributed by atoms with Crippen LogP contribution in [0.1, 0.15) is 43.1 Å². The first-order chi connectivity index (χ1) is 21.8. The van der Waals surface area contributed by atoms with Gasteiger partial charge in [0.1, 0.15) is 35.6 Å². The average molecular weight is 673 g/mol. The molecule has 1 aliphatic heterocycles. The first-order valence-electron chi connectivity index (χ1n) is 14.9. The Morgan fingerprint density at radius 2 is 1.67 bits per heavy atom. The van der Waals surface area contributed by atoms with Crippen LogP contribution < -0.4 is 4.31 Å². The summed E-state index contributed by atoms with van der Waals surface area (Å²) in [5, 5.41) is 7.71. The maximum absolute atomic E-state index is 14.8. The third-order valence-corrected chi connectivity index (χ3v) is 10.00. The molecule has 7 rings (SSSR count). The fourth-order valence-electron chi connectivity index (χ4n) is 5.11. The fourth-order valence-corrected chi connectivity index (χ4v) is 6.93. The van der Waals surface area contributed by atoms with Crippen molar-refractivity contribution in [2.24, 2.45) is 5.92 Å². The molecule has 2 saturated carbocycles. The molecule has 3 fully saturated rings. The zero-order valence-corrected chi connectivity index (χ0v) is 27.2. The van der Waals surface area contributed by atoms with Crippen molar-refractivity contribution >= 4 is 45.8 Å². The Balaban J connectivity index is 0.000000254. The number of carbonyl (C=O) groups excluding carboxylic acids is 1. The van der Waals surface area contributed by atoms with Crippen LogP contribution in [0.25, 0.3) is 0 Å². The van der Waals surface area contributed by atoms with E-state index in [0.29, 0.717) is 29.8 Å². The van der Waals surface area contributed by atoms with Crippen LogP contribution in [-0.2, 0) is 20.5 Å². The minimum absolute atomic E-state index is 0.0265. The molecule has 2 heterocycles. The highest BCUT2D eigenvalue weighted by molar-refractivity contribution is 7.87. The molecule has 238 valence electrons. The van der Waals surface area contributed by atoms with Crippen molar-refractivity contribution < 1.29 is 18.1 Å². The topological polar surface area (TPSA) is 91.4 Å². The lowest BCUT2D eigenvalue weighted by atomic mass is 10.00. The molecule has 4 aromatic rings. The average Bonchev–Trinajstić information content (AvgIpc) is 3.99. The minimum atomic E-state index is -1.34. The van der Waals surface area contributed by atoms with Gasteiger partial charge in [-0.15, -0.1) is 0 Å². The number of hydrogen-bond acceptors (Lipinski definition) is 5. The van der Waals surface area contributed by atoms with Crippen LogP contribution in [0.15, 0.2) is 85.2 Å². The first-order valence-corrected chi connectivity index (χ1v) is 16.8. The Hall–Kier alpha value is -3.31. The molecule has 0 spiro atoms. The van der Waals surface area contributed by atoms with Gasteiger partial charge < -0.3 is 9.64 Å². The second-order valence-corrected chi connectivity index (χ2v) is 13.7. The van der Waals surface area contributed by atoms with Crippen LogP contribution in [0.5, 0.6) is 0 Å². The zero-order chi connectivity index (χ0) is 31.8. The van der Waals surface area contributed by atoms with E-state index in [0.717, 1.165) is 42.1 Å². The van der Waals surface area contributed by atoms with Gasteiger partial charge in [-0.1, -0.05) is 65.7 Å². The summed E-state index contributed by atoms with van der Waals surface area (Å²) in [6, 6.07) is 23.0. The summed E-state index contributed by atoms with van der Waals surface area (Å²) in [4.78, 5) is 18.8. The van der Waals surface area contributed by atoms with Crippen molar-refractivity contribution in [1.82, 2.24) is 20.1 Å². The predicted molar refractivity (Wildman–Crippen MR) is 176 cm³/mol. The van der Waals surface area contributed by atoms with Crippen molar-refractivity contribution in [1.29, 1.82) is 0 Å². The standard InChI is InChI=1S/C24H26ClFN2O3S.C6H5Cl.C3H5N3/c25-18-9-7-17(8-10-18)23-14-31-15-24(29)28(23)22(16-5-6-16)13-27(32(30)19-11-12-19)21-4-2-1-3-20(21)26;7-6-4-2-1-3-5-6;1-3-4-2-5-6-3/h1-4,7-10,16,19,22-23H,5-6,11-15H2;1-5H;2H,1H3,(H,4,5,6). The van der Waals surface area contributed by atoms with E-state index in [1.807, 2.05) is 66.4 Å². The summed E-state index contributed by atoms with van der Waals surface area (Å²) in [5.41, 5.74) is 1.29. The second kappa shape index (κ2) is 15.8. The van der Waals surface area contributed by atoms with Crippen LogP contribution >= 0.6 is 23.2 Å². The largest absolute Gasteiger partial charge is 0.369 e. The van der Waals surface area contributed by atoms with Gasteiger partial charge in [0.15, 0.2) is 0 Å². The number of nitrogens with zero attached hydrogens (tertiary/aromatic N) is 4. The molecule has 1 aromatic heterocycles. The zero-order valence-electron chi connectivity index (χ0n) is 24.9. The van der Waals surface area contributed by atoms with Crippen molar-refractivity contribution in [2.75, 3.05) is 24.1 Å². The molecule has 1 N–H and O–H groups in total. The molecule has 8 nitrogen and oxygen atoms in total. The van der Waals surface area contributed by atoms with E-state index >= 15 is 0 Å². The van der Waals surface area contributed by atoms with Crippen LogP contribution in [-0.4, -0.2) is 61.2 Å². The van der Waals surface area contributed by atoms with Gasteiger partial charge in [-0.3, -0.25) is 14.2 Å². The van der Waals surface area contributed by atoms with E-state index in [4.69, 9.17) is 27.9 Å². The lowest BCUT2D eigenvalue weighted by Crippen LogP contribution is -2.54. The van der Waals surface area contributed by atoms with E-state index in [1.54, 1.807) is 22.5 Å². The predicted octanol–water partition coefficient (Wildman–Crippen LogP) is 6.94. The summed E-state index contributed by atoms with van der Waals surface area (Å²) in [6.07, 6.45) is 5.26. The number of rotatable bonds is 8. The lowest BCUT2D eigenvalue weighted by molar-refractivity contribution is -0.152. The van der Waals surface area contributed by atoms with Gasteiger partial charge in [-0.2, -0.15) is 5.10 Å². The fraction of sp³-hybridized carbons (Fsp3) is 0.364. The van der Waals surface area contributed by atoms with Crippen molar-refractivity contribution in [3.05, 3.63) is 112 Å². The minimum Gasteiger partial charge on any atom is -0.369 e. The molecule has 1 saturated heterocycles. The number of aromatic amines is 1. The monoisotopic (exact) mass is 671 g/mol. The molecule has 3 atom stereocenters. The number of para-hydroxylation sites is 1. The smallest absolute Gasteiger partial charge is 0.249 e. The second-order valence-electron chi connectivity index (χ2n) is 11.1. The van der Waals surface area contributed by atoms with Crippen molar-refractivity contribution in [3.8, 4) is 0 Å². The maximum Gasteiger partial charge on any atom is 0.249 e. The Kier molecular flexibility index (Phi) is 11.6. The number of halogens is 3. The third kappa shape index (κ3) is 9.36. The van der Waals surface area contributed by atoms with E-state index < -0.39 is 16.8 Å². The number of carbonyl (C=O) groups is 1. The molecule has 45 heavy (non-hydrogen) atoms. The molecule has 2 aliphatic carbocycles. The highest BCUT2D eigenvalue weighted by Gasteiger charge is 2.45. The maximum atomic E-state index is 14.8. The summed E-state index contributed by atoms with van der Waals surface area (Å²) in [7, 11) is -1.34. The van der Waals surface area contributed by atoms with Crippen LogP contribution in [0.4, 0.5) is 10.1 Å². The van der Waals surface area contributed by atoms with Gasteiger partial charge in [-0.25, -0.2) is 13.6 Å². The van der Waals surface area contributed by atoms with Gasteiger partial charge in [0, 0.05) is 10.0 Å². The van der Waals surface area contributed by atoms with E-state index in [2.05, 4.69) is 15.2 Å². The van der Waals surface area contributed by atoms with Gasteiger partial charge in [0.25, 0.3) is 0 Å². The van der Waals surface area contributed by atoms with Gasteiger partial charge >= 0.3 is 0 Å². The molecular formula is C33H36Cl2FN5O3S. The molecule has 12 heteroatoms. The number of nitrogens with one attached hydrogen (secondary N) is 1. The summed E-state index contributed by atoms with van der Waals surface area (Å²) in [6.45, 7) is 2.61. The van der Waals surface area contributed by atoms with Crippen LogP contribution in [0.2, 0.25) is 10.0 Å². The molecule has 0 bridgehead atoms. The summed E-state index contributed by atoms with van der Waals surface area (Å²) in [5.74, 6) is 0.685. The summed E-state index contributed by atoms with van der Waals surface area (Å²) >= 11 is 11.6. The summed E-state index contributed by atoms with van der Waals surface area (Å²) < 4.78 is 35.4. The first kappa shape index (κ1) is 33.1. The number of aryl methyl sites for hydroxylation is 1. The molecule has 3 aliphatic rings. The third-order valence-electron chi connectivity index (χ3n) is 7.67. The number of hydrogen-bond donors (Lipinski definition) is 1. The highest BCUT2D eigenvalue weighted by atomic mass is 35.5. The van der Waals surface area contributed by atoms with Gasteiger partial charge in [-0.05, 0) is 80.5 Å². The number of amides is 1. The highest BCUT2D eigenvalue weighted by Crippen LogP contribution is 2.42. The Bertz CT molecular complexity index is 1540. The van der Waals surface area contributed by atoms with Crippen LogP contribution in [0.3, 0.4) is 0 Å². The van der Waals surface area contributed by atoms with E-state index in [9.17, 15) is 13.4 Å². The molecule has 0 radical (unpaired) electrons. The van der Waals surface area contributed by atoms with Gasteiger partial charge in [0.05, 0.1) is 36.2 Å². The van der Waals surface area contributed by atoms with Crippen molar-refractivity contribution in [2.45, 2.75) is 49.9 Å². The number of ether oxygens (including phenoxy) is 1. The normalized spacial score (nSPS) is 19.0. The molecule has 3 aromatic carbocycles. The number of morpholine rings is 1. The molecule has 1 amide bonds. The lowest BCUT2D eigenvalue weighted by Gasteiger charge is -2.43. The number of aromatic nitrogens is 3.